The molecule has 0 fully saturated rings. The summed E-state index contributed by atoms with van der Waals surface area (Å²) in [5.41, 5.74) is 0. The van der Waals surface area contributed by atoms with Crippen LogP contribution in [0.5, 0.6) is 0 Å². The van der Waals surface area contributed by atoms with Gasteiger partial charge < -0.3 is 9.47 Å². The molecule has 0 spiro atoms. The maximum absolute atomic E-state index is 11.2. The summed E-state index contributed by atoms with van der Waals surface area (Å²) < 4.78 is 8.95. The summed E-state index contributed by atoms with van der Waals surface area (Å²) >= 11 is 0. The van der Waals surface area contributed by atoms with Crippen molar-refractivity contribution in [2.75, 3.05) is 13.2 Å². The predicted molar refractivity (Wildman–Crippen MR) is 53.8 cm³/mol. The number of nitrogens with two attached hydrogens (primary N) is 1. The molecule has 0 aromatic heterocycles. The van der Waals surface area contributed by atoms with Crippen molar-refractivity contribution in [3.8, 4) is 0 Å². The molecule has 0 heterocycles. The molecule has 0 bridgehead atoms. The van der Waals surface area contributed by atoms with Crippen LogP contribution in [0, 0.1) is 0 Å². The number of imide groups is 1. The SMILES string of the molecule is C/C=C/C(=O)OCC(=O)N(N)C(=O)OCC. The zero-order valence-corrected chi connectivity index (χ0v) is 9.13. The lowest BCUT2D eigenvalue weighted by atomic mass is 10.5. The van der Waals surface area contributed by atoms with Crippen molar-refractivity contribution >= 4 is 18.0 Å². The van der Waals surface area contributed by atoms with E-state index < -0.39 is 24.6 Å². The van der Waals surface area contributed by atoms with Crippen LogP contribution in [0.1, 0.15) is 13.8 Å². The van der Waals surface area contributed by atoms with Crippen molar-refractivity contribution in [2.45, 2.75) is 13.8 Å². The van der Waals surface area contributed by atoms with E-state index in [-0.39, 0.29) is 11.6 Å². The molecule has 0 atom stereocenters. The van der Waals surface area contributed by atoms with Crippen molar-refractivity contribution in [3.05, 3.63) is 12.2 Å². The van der Waals surface area contributed by atoms with E-state index in [0.29, 0.717) is 0 Å². The zero-order chi connectivity index (χ0) is 12.6. The van der Waals surface area contributed by atoms with Gasteiger partial charge >= 0.3 is 12.1 Å². The molecule has 0 radical (unpaired) electrons. The third-order valence-corrected chi connectivity index (χ3v) is 1.37. The number of carbonyl (C=O) groups excluding carboxylic acids is 3. The summed E-state index contributed by atoms with van der Waals surface area (Å²) in [5.74, 6) is 3.56. The van der Waals surface area contributed by atoms with E-state index in [0.717, 1.165) is 6.08 Å². The monoisotopic (exact) mass is 230 g/mol. The fourth-order valence-electron chi connectivity index (χ4n) is 0.681. The highest BCUT2D eigenvalue weighted by molar-refractivity contribution is 5.93. The minimum atomic E-state index is -0.991. The minimum Gasteiger partial charge on any atom is -0.452 e. The summed E-state index contributed by atoms with van der Waals surface area (Å²) in [5, 5.41) is 0.256. The average Bonchev–Trinajstić information content (AvgIpc) is 2.25. The maximum atomic E-state index is 11.2. The van der Waals surface area contributed by atoms with Gasteiger partial charge in [-0.15, -0.1) is 0 Å². The average molecular weight is 230 g/mol. The second-order valence-electron chi connectivity index (χ2n) is 2.57. The Kier molecular flexibility index (Phi) is 6.53. The number of nitrogens with zero attached hydrogens (tertiary/aromatic N) is 1. The molecule has 0 saturated heterocycles. The number of hydrogen-bond acceptors (Lipinski definition) is 6. The molecule has 2 N–H and O–H groups in total. The fraction of sp³-hybridized carbons (Fsp3) is 0.444. The first-order chi connectivity index (χ1) is 7.52. The molecule has 7 nitrogen and oxygen atoms in total. The smallest absolute Gasteiger partial charge is 0.431 e. The highest BCUT2D eigenvalue weighted by Crippen LogP contribution is 1.90. The topological polar surface area (TPSA) is 98.9 Å². The van der Waals surface area contributed by atoms with Crippen LogP contribution >= 0.6 is 0 Å². The number of rotatable bonds is 4. The third kappa shape index (κ3) is 5.11. The van der Waals surface area contributed by atoms with Crippen LogP contribution in [0.15, 0.2) is 12.2 Å². The summed E-state index contributed by atoms with van der Waals surface area (Å²) in [6, 6.07) is 0. The number of allylic oxidation sites excluding steroid dienone is 1. The van der Waals surface area contributed by atoms with Gasteiger partial charge in [-0.05, 0) is 13.8 Å². The Hall–Kier alpha value is -1.89. The first-order valence-electron chi connectivity index (χ1n) is 4.56. The van der Waals surface area contributed by atoms with Crippen molar-refractivity contribution < 1.29 is 23.9 Å². The van der Waals surface area contributed by atoms with Gasteiger partial charge in [-0.1, -0.05) is 6.08 Å². The molecule has 16 heavy (non-hydrogen) atoms. The van der Waals surface area contributed by atoms with E-state index in [1.54, 1.807) is 13.8 Å². The molecular formula is C9H14N2O5. The number of hydrogen-bond donors (Lipinski definition) is 1. The minimum absolute atomic E-state index is 0.0954. The van der Waals surface area contributed by atoms with E-state index in [1.165, 1.54) is 6.08 Å². The number of hydrazine groups is 1. The number of ether oxygens (including phenoxy) is 2. The Bertz CT molecular complexity index is 300. The lowest BCUT2D eigenvalue weighted by molar-refractivity contribution is -0.147. The highest BCUT2D eigenvalue weighted by Gasteiger charge is 2.19. The summed E-state index contributed by atoms with van der Waals surface area (Å²) in [4.78, 5) is 33.0. The standard InChI is InChI=1S/C9H14N2O5/c1-3-5-8(13)16-6-7(12)11(10)9(14)15-4-2/h3,5H,4,6,10H2,1-2H3/b5-3+. The molecule has 0 rings (SSSR count). The van der Waals surface area contributed by atoms with Gasteiger partial charge in [0.15, 0.2) is 6.61 Å². The van der Waals surface area contributed by atoms with Crippen molar-refractivity contribution in [1.82, 2.24) is 5.01 Å². The van der Waals surface area contributed by atoms with Gasteiger partial charge in [0, 0.05) is 6.08 Å². The van der Waals surface area contributed by atoms with Gasteiger partial charge in [-0.2, -0.15) is 5.01 Å². The normalized spacial score (nSPS) is 9.94. The summed E-state index contributed by atoms with van der Waals surface area (Å²) in [7, 11) is 0. The molecule has 0 aromatic rings. The van der Waals surface area contributed by atoms with Crippen molar-refractivity contribution in [3.63, 3.8) is 0 Å². The fourth-order valence-corrected chi connectivity index (χ4v) is 0.681. The maximum Gasteiger partial charge on any atom is 0.431 e. The zero-order valence-electron chi connectivity index (χ0n) is 9.13. The Labute approximate surface area is 92.8 Å². The molecule has 0 aromatic carbocycles. The first kappa shape index (κ1) is 14.1. The van der Waals surface area contributed by atoms with Gasteiger partial charge in [0.25, 0.3) is 5.91 Å². The largest absolute Gasteiger partial charge is 0.452 e. The van der Waals surface area contributed by atoms with Gasteiger partial charge in [-0.25, -0.2) is 15.4 Å². The van der Waals surface area contributed by atoms with Crippen LogP contribution in [0.25, 0.3) is 0 Å². The number of esters is 1. The van der Waals surface area contributed by atoms with E-state index in [4.69, 9.17) is 5.84 Å². The molecule has 2 amide bonds. The predicted octanol–water partition coefficient (Wildman–Crippen LogP) is -0.0355. The Morgan fingerprint density at radius 1 is 1.31 bits per heavy atom. The summed E-state index contributed by atoms with van der Waals surface area (Å²) in [6.07, 6.45) is 1.60. The molecular weight excluding hydrogens is 216 g/mol. The lowest BCUT2D eigenvalue weighted by Crippen LogP contribution is -2.45. The van der Waals surface area contributed by atoms with E-state index in [2.05, 4.69) is 9.47 Å². The number of amides is 2. The van der Waals surface area contributed by atoms with E-state index >= 15 is 0 Å². The molecule has 0 aliphatic heterocycles. The second kappa shape index (κ2) is 7.41. The van der Waals surface area contributed by atoms with Crippen molar-refractivity contribution in [2.24, 2.45) is 5.84 Å². The second-order valence-corrected chi connectivity index (χ2v) is 2.57. The van der Waals surface area contributed by atoms with Crippen LogP contribution < -0.4 is 5.84 Å². The van der Waals surface area contributed by atoms with Crippen LogP contribution in [0.3, 0.4) is 0 Å². The molecule has 0 aliphatic rings. The van der Waals surface area contributed by atoms with Crippen LogP contribution in [0.2, 0.25) is 0 Å². The Morgan fingerprint density at radius 3 is 2.44 bits per heavy atom. The number of carbonyl (C=O) groups is 3. The molecule has 90 valence electrons. The molecule has 0 saturated carbocycles. The van der Waals surface area contributed by atoms with Crippen LogP contribution in [0.4, 0.5) is 4.79 Å². The molecule has 0 unspecified atom stereocenters. The Morgan fingerprint density at radius 2 is 1.94 bits per heavy atom. The summed E-state index contributed by atoms with van der Waals surface area (Å²) in [6.45, 7) is 2.68. The van der Waals surface area contributed by atoms with Crippen molar-refractivity contribution in [1.29, 1.82) is 0 Å². The van der Waals surface area contributed by atoms with Gasteiger partial charge in [0.05, 0.1) is 6.61 Å². The highest BCUT2D eigenvalue weighted by atomic mass is 16.6. The van der Waals surface area contributed by atoms with Gasteiger partial charge in [0.1, 0.15) is 0 Å². The van der Waals surface area contributed by atoms with Crippen LogP contribution in [-0.4, -0.2) is 36.2 Å². The molecule has 0 aliphatic carbocycles. The van der Waals surface area contributed by atoms with Crippen LogP contribution in [-0.2, 0) is 19.1 Å². The first-order valence-corrected chi connectivity index (χ1v) is 4.56. The quantitative estimate of drug-likeness (QED) is 0.239. The molecule has 7 heteroatoms. The van der Waals surface area contributed by atoms with Gasteiger partial charge in [0.2, 0.25) is 0 Å². The van der Waals surface area contributed by atoms with E-state index in [9.17, 15) is 14.4 Å². The van der Waals surface area contributed by atoms with Gasteiger partial charge in [-0.3, -0.25) is 4.79 Å². The third-order valence-electron chi connectivity index (χ3n) is 1.37. The Balaban J connectivity index is 4.06. The van der Waals surface area contributed by atoms with E-state index in [1.807, 2.05) is 0 Å². The lowest BCUT2D eigenvalue weighted by Gasteiger charge is -2.13.